The third kappa shape index (κ3) is 4.73. The summed E-state index contributed by atoms with van der Waals surface area (Å²) < 4.78 is 0. The third-order valence-corrected chi connectivity index (χ3v) is 10.6. The van der Waals surface area contributed by atoms with Gasteiger partial charge in [-0.15, -0.1) is 0 Å². The van der Waals surface area contributed by atoms with Crippen LogP contribution in [0, 0.1) is 34.5 Å². The molecule has 2 aromatic carbocycles. The van der Waals surface area contributed by atoms with Crippen LogP contribution in [0.2, 0.25) is 0 Å². The number of phenolic OH excluding ortho intramolecular Hbond substituents is 1. The molecule has 2 spiro atoms. The summed E-state index contributed by atoms with van der Waals surface area (Å²) in [6, 6.07) is 17.1. The minimum Gasteiger partial charge on any atom is -0.508 e. The molecular weight excluding hydrogens is 424 g/mol. The second kappa shape index (κ2) is 9.45. The maximum absolute atomic E-state index is 10.7. The molecule has 3 saturated carbocycles. The topological polar surface area (TPSA) is 20.2 Å². The maximum Gasteiger partial charge on any atom is 0.116 e. The second-order valence-electron chi connectivity index (χ2n) is 13.1. The number of hydrogen-bond acceptors (Lipinski definition) is 1. The molecule has 6 rings (SSSR count). The van der Waals surface area contributed by atoms with Gasteiger partial charge in [0.25, 0.3) is 0 Å². The van der Waals surface area contributed by atoms with Crippen molar-refractivity contribution >= 4 is 0 Å². The molecule has 0 saturated heterocycles. The van der Waals surface area contributed by atoms with Gasteiger partial charge in [-0.25, -0.2) is 0 Å². The van der Waals surface area contributed by atoms with Gasteiger partial charge < -0.3 is 5.11 Å². The van der Waals surface area contributed by atoms with Gasteiger partial charge in [-0.3, -0.25) is 0 Å². The summed E-state index contributed by atoms with van der Waals surface area (Å²) in [7, 11) is 0. The number of rotatable bonds is 4. The van der Waals surface area contributed by atoms with Gasteiger partial charge in [0.05, 0.1) is 0 Å². The Morgan fingerprint density at radius 2 is 1.66 bits per heavy atom. The van der Waals surface area contributed by atoms with Crippen LogP contribution in [0.1, 0.15) is 94.2 Å². The predicted molar refractivity (Wildman–Crippen MR) is 145 cm³/mol. The van der Waals surface area contributed by atoms with Gasteiger partial charge in [0.1, 0.15) is 5.75 Å². The number of fused-ring (bicyclic) bond motifs is 2. The largest absolute Gasteiger partial charge is 0.508 e. The second-order valence-corrected chi connectivity index (χ2v) is 13.1. The number of allylic oxidation sites excluding steroid dienone is 2. The van der Waals surface area contributed by atoms with Crippen molar-refractivity contribution in [1.29, 1.82) is 0 Å². The van der Waals surface area contributed by atoms with Gasteiger partial charge in [-0.2, -0.15) is 0 Å². The van der Waals surface area contributed by atoms with Gasteiger partial charge in [0, 0.05) is 0 Å². The lowest BCUT2D eigenvalue weighted by atomic mass is 9.47. The van der Waals surface area contributed by atoms with Crippen molar-refractivity contribution in [3.63, 3.8) is 0 Å². The summed E-state index contributed by atoms with van der Waals surface area (Å²) in [4.78, 5) is 0. The molecule has 0 aromatic heterocycles. The molecule has 3 fully saturated rings. The van der Waals surface area contributed by atoms with E-state index in [9.17, 15) is 5.11 Å². The van der Waals surface area contributed by atoms with Crippen LogP contribution >= 0.6 is 0 Å². The summed E-state index contributed by atoms with van der Waals surface area (Å²) in [5.74, 6) is 3.77. The minimum absolute atomic E-state index is 0.445. The van der Waals surface area contributed by atoms with Crippen LogP contribution in [0.3, 0.4) is 0 Å². The van der Waals surface area contributed by atoms with E-state index in [1.54, 1.807) is 0 Å². The fourth-order valence-electron chi connectivity index (χ4n) is 9.31. The zero-order valence-electron chi connectivity index (χ0n) is 21.7. The molecule has 0 amide bonds. The van der Waals surface area contributed by atoms with E-state index in [-0.39, 0.29) is 0 Å². The van der Waals surface area contributed by atoms with Crippen molar-refractivity contribution in [3.05, 3.63) is 77.4 Å². The smallest absolute Gasteiger partial charge is 0.116 e. The van der Waals surface area contributed by atoms with E-state index >= 15 is 0 Å². The Kier molecular flexibility index (Phi) is 6.32. The van der Waals surface area contributed by atoms with E-state index in [1.165, 1.54) is 87.3 Å². The van der Waals surface area contributed by atoms with Gasteiger partial charge in [0.2, 0.25) is 0 Å². The Hall–Kier alpha value is -2.02. The zero-order chi connectivity index (χ0) is 23.9. The summed E-state index contributed by atoms with van der Waals surface area (Å²) in [6.45, 7) is 2.49. The average Bonchev–Trinajstić information content (AvgIpc) is 3.28. The standard InChI is InChI=1S/C34H44O/c1-25-9-7-15-34(22-25)16-8-12-31-29(23-33(24-32(31)34)13-5-6-14-33)19-28-18-27(20-30(35)21-28)17-26-10-3-2-4-11-26/h2-4,7,10-11,15,18,20-21,25,29,31-32,35H,5-6,8-9,12-14,16-17,19,22-24H2,1H3/t25-,29+,31+,32-,34+/m0/s1. The number of benzene rings is 2. The van der Waals surface area contributed by atoms with E-state index in [0.717, 1.165) is 36.5 Å². The van der Waals surface area contributed by atoms with E-state index in [1.807, 2.05) is 6.07 Å². The first-order chi connectivity index (χ1) is 17.0. The molecule has 186 valence electrons. The van der Waals surface area contributed by atoms with Crippen molar-refractivity contribution in [2.45, 2.75) is 90.4 Å². The Morgan fingerprint density at radius 3 is 2.46 bits per heavy atom. The Labute approximate surface area is 213 Å². The number of hydrogen-bond donors (Lipinski definition) is 1. The molecule has 1 heteroatoms. The van der Waals surface area contributed by atoms with Crippen LogP contribution in [-0.2, 0) is 12.8 Å². The van der Waals surface area contributed by atoms with Crippen LogP contribution in [0.25, 0.3) is 0 Å². The van der Waals surface area contributed by atoms with Crippen LogP contribution < -0.4 is 0 Å². The Bertz CT molecular complexity index is 1050. The molecule has 4 aliphatic carbocycles. The van der Waals surface area contributed by atoms with Crippen LogP contribution in [0.15, 0.2) is 60.7 Å². The van der Waals surface area contributed by atoms with Crippen molar-refractivity contribution in [2.75, 3.05) is 0 Å². The van der Waals surface area contributed by atoms with Crippen molar-refractivity contribution in [1.82, 2.24) is 0 Å². The summed E-state index contributed by atoms with van der Waals surface area (Å²) in [6.07, 6.45) is 23.0. The lowest BCUT2D eigenvalue weighted by Crippen LogP contribution is -2.49. The quantitative estimate of drug-likeness (QED) is 0.444. The first-order valence-electron chi connectivity index (χ1n) is 14.6. The van der Waals surface area contributed by atoms with E-state index in [0.29, 0.717) is 16.6 Å². The fraction of sp³-hybridized carbons (Fsp3) is 0.588. The molecule has 2 aromatic rings. The molecule has 0 unspecified atom stereocenters. The van der Waals surface area contributed by atoms with Crippen molar-refractivity contribution in [3.8, 4) is 5.75 Å². The van der Waals surface area contributed by atoms with Crippen LogP contribution in [0.5, 0.6) is 5.75 Å². The number of phenols is 1. The molecule has 0 heterocycles. The summed E-state index contributed by atoms with van der Waals surface area (Å²) >= 11 is 0. The van der Waals surface area contributed by atoms with E-state index in [4.69, 9.17) is 0 Å². The van der Waals surface area contributed by atoms with Gasteiger partial charge in [0.15, 0.2) is 0 Å². The van der Waals surface area contributed by atoms with E-state index in [2.05, 4.69) is 61.5 Å². The molecule has 0 radical (unpaired) electrons. The predicted octanol–water partition coefficient (Wildman–Crippen LogP) is 8.88. The first kappa shape index (κ1) is 23.4. The van der Waals surface area contributed by atoms with Gasteiger partial charge in [-0.1, -0.05) is 74.7 Å². The van der Waals surface area contributed by atoms with Crippen LogP contribution in [0.4, 0.5) is 0 Å². The summed E-state index contributed by atoms with van der Waals surface area (Å²) in [5.41, 5.74) is 4.99. The molecular formula is C34H44O. The average molecular weight is 469 g/mol. The van der Waals surface area contributed by atoms with Crippen molar-refractivity contribution < 1.29 is 5.11 Å². The lowest BCUT2D eigenvalue weighted by molar-refractivity contribution is -0.0597. The number of aromatic hydroxyl groups is 1. The highest BCUT2D eigenvalue weighted by Gasteiger charge is 2.54. The van der Waals surface area contributed by atoms with Gasteiger partial charge >= 0.3 is 0 Å². The van der Waals surface area contributed by atoms with Crippen molar-refractivity contribution in [2.24, 2.45) is 34.5 Å². The highest BCUT2D eigenvalue weighted by Crippen LogP contribution is 2.64. The molecule has 35 heavy (non-hydrogen) atoms. The molecule has 1 N–H and O–H groups in total. The Morgan fingerprint density at radius 1 is 0.857 bits per heavy atom. The monoisotopic (exact) mass is 468 g/mol. The highest BCUT2D eigenvalue weighted by atomic mass is 16.3. The zero-order valence-corrected chi connectivity index (χ0v) is 21.7. The maximum atomic E-state index is 10.7. The van der Waals surface area contributed by atoms with Gasteiger partial charge in [-0.05, 0) is 128 Å². The third-order valence-electron chi connectivity index (χ3n) is 10.6. The SMILES string of the molecule is C[C@H]1CC=C[C@@]2(CCC[C@@H]3[C@H](Cc4cc(O)cc(Cc5ccccc5)c4)CC4(CCCC4)C[C@@H]32)C1. The summed E-state index contributed by atoms with van der Waals surface area (Å²) in [5, 5.41) is 10.7. The molecule has 1 nitrogen and oxygen atoms in total. The Balaban J connectivity index is 1.30. The highest BCUT2D eigenvalue weighted by molar-refractivity contribution is 5.37. The van der Waals surface area contributed by atoms with Crippen LogP contribution in [-0.4, -0.2) is 5.11 Å². The first-order valence-corrected chi connectivity index (χ1v) is 14.6. The normalized spacial score (nSPS) is 33.7. The lowest BCUT2D eigenvalue weighted by Gasteiger charge is -2.58. The molecule has 5 atom stereocenters. The molecule has 0 aliphatic heterocycles. The molecule has 4 aliphatic rings. The molecule has 0 bridgehead atoms. The van der Waals surface area contributed by atoms with E-state index < -0.39 is 0 Å². The minimum atomic E-state index is 0.445. The fourth-order valence-corrected chi connectivity index (χ4v) is 9.31.